The van der Waals surface area contributed by atoms with Gasteiger partial charge in [-0.25, -0.2) is 0 Å². The summed E-state index contributed by atoms with van der Waals surface area (Å²) >= 11 is 0. The monoisotopic (exact) mass is 368 g/mol. The molecule has 0 aliphatic heterocycles. The SMILES string of the molecule is C=C(C)/C(C#N)=C/c1c(-c2ccccc2)n(CCCCCC)c2ccccc12. The van der Waals surface area contributed by atoms with Gasteiger partial charge in [-0.15, -0.1) is 0 Å². The number of allylic oxidation sites excluding steroid dienone is 2. The van der Waals surface area contributed by atoms with E-state index in [-0.39, 0.29) is 0 Å². The van der Waals surface area contributed by atoms with E-state index in [9.17, 15) is 5.26 Å². The fourth-order valence-electron chi connectivity index (χ4n) is 3.71. The Labute approximate surface area is 168 Å². The quantitative estimate of drug-likeness (QED) is 0.232. The smallest absolute Gasteiger partial charge is 0.0994 e. The fraction of sp³-hybridized carbons (Fsp3) is 0.269. The van der Waals surface area contributed by atoms with Crippen molar-refractivity contribution in [3.63, 3.8) is 0 Å². The minimum atomic E-state index is 0.631. The van der Waals surface area contributed by atoms with Crippen LogP contribution in [0.4, 0.5) is 0 Å². The number of aryl methyl sites for hydroxylation is 1. The molecule has 0 aliphatic carbocycles. The molecule has 2 aromatic carbocycles. The lowest BCUT2D eigenvalue weighted by Crippen LogP contribution is -2.01. The minimum absolute atomic E-state index is 0.631. The number of hydrogen-bond donors (Lipinski definition) is 0. The van der Waals surface area contributed by atoms with E-state index < -0.39 is 0 Å². The first-order valence-corrected chi connectivity index (χ1v) is 10.1. The van der Waals surface area contributed by atoms with Crippen molar-refractivity contribution in [1.82, 2.24) is 4.57 Å². The third-order valence-electron chi connectivity index (χ3n) is 5.16. The van der Waals surface area contributed by atoms with Crippen LogP contribution in [0.5, 0.6) is 0 Å². The fourth-order valence-corrected chi connectivity index (χ4v) is 3.71. The predicted molar refractivity (Wildman–Crippen MR) is 120 cm³/mol. The zero-order valence-electron chi connectivity index (χ0n) is 16.9. The number of nitriles is 1. The summed E-state index contributed by atoms with van der Waals surface area (Å²) < 4.78 is 2.43. The average molecular weight is 369 g/mol. The lowest BCUT2D eigenvalue weighted by Gasteiger charge is -2.12. The summed E-state index contributed by atoms with van der Waals surface area (Å²) in [6, 6.07) is 21.3. The molecule has 0 saturated carbocycles. The van der Waals surface area contributed by atoms with Gasteiger partial charge in [0.1, 0.15) is 0 Å². The van der Waals surface area contributed by atoms with Gasteiger partial charge in [0, 0.05) is 23.0 Å². The number of unbranched alkanes of at least 4 members (excludes halogenated alkanes) is 3. The highest BCUT2D eigenvalue weighted by Crippen LogP contribution is 2.36. The first-order valence-electron chi connectivity index (χ1n) is 10.1. The van der Waals surface area contributed by atoms with Crippen LogP contribution in [0.3, 0.4) is 0 Å². The summed E-state index contributed by atoms with van der Waals surface area (Å²) in [5, 5.41) is 10.8. The largest absolute Gasteiger partial charge is 0.340 e. The number of fused-ring (bicyclic) bond motifs is 1. The molecule has 1 aromatic heterocycles. The number of rotatable bonds is 8. The maximum Gasteiger partial charge on any atom is 0.0994 e. The number of aromatic nitrogens is 1. The molecule has 0 bridgehead atoms. The third kappa shape index (κ3) is 4.10. The standard InChI is InChI=1S/C26H28N2/c1-4-5-6-12-17-28-25-16-11-10-15-23(25)24(18-22(19-27)20(2)3)26(28)21-13-8-7-9-14-21/h7-11,13-16,18H,2,4-6,12,17H2,1,3H3/b22-18+. The van der Waals surface area contributed by atoms with Crippen LogP contribution in [0.2, 0.25) is 0 Å². The van der Waals surface area contributed by atoms with Crippen LogP contribution in [0.1, 0.15) is 45.1 Å². The van der Waals surface area contributed by atoms with Crippen molar-refractivity contribution in [2.24, 2.45) is 0 Å². The Morgan fingerprint density at radius 1 is 1.04 bits per heavy atom. The van der Waals surface area contributed by atoms with Crippen molar-refractivity contribution in [2.45, 2.75) is 46.1 Å². The molecule has 0 radical (unpaired) electrons. The summed E-state index contributed by atoms with van der Waals surface area (Å²) in [6.45, 7) is 9.09. The maximum absolute atomic E-state index is 9.61. The second kappa shape index (κ2) is 9.24. The summed E-state index contributed by atoms with van der Waals surface area (Å²) in [5.74, 6) is 0. The lowest BCUT2D eigenvalue weighted by molar-refractivity contribution is 0.596. The molecule has 3 aromatic rings. The van der Waals surface area contributed by atoms with Gasteiger partial charge in [-0.3, -0.25) is 0 Å². The van der Waals surface area contributed by atoms with Crippen LogP contribution in [0.25, 0.3) is 28.2 Å². The van der Waals surface area contributed by atoms with Crippen molar-refractivity contribution in [1.29, 1.82) is 5.26 Å². The summed E-state index contributed by atoms with van der Waals surface area (Å²) in [4.78, 5) is 0. The highest BCUT2D eigenvalue weighted by molar-refractivity contribution is 5.98. The van der Waals surface area contributed by atoms with Crippen LogP contribution in [-0.2, 0) is 6.54 Å². The molecule has 0 aliphatic rings. The normalized spacial score (nSPS) is 11.5. The number of para-hydroxylation sites is 1. The summed E-state index contributed by atoms with van der Waals surface area (Å²) in [7, 11) is 0. The number of benzene rings is 2. The van der Waals surface area contributed by atoms with Crippen molar-refractivity contribution in [2.75, 3.05) is 0 Å². The van der Waals surface area contributed by atoms with Crippen LogP contribution in [-0.4, -0.2) is 4.57 Å². The number of nitrogens with zero attached hydrogens (tertiary/aromatic N) is 2. The third-order valence-corrected chi connectivity index (χ3v) is 5.16. The van der Waals surface area contributed by atoms with E-state index in [0.717, 1.165) is 24.1 Å². The second-order valence-electron chi connectivity index (χ2n) is 7.31. The molecule has 2 heteroatoms. The Bertz CT molecular complexity index is 1030. The van der Waals surface area contributed by atoms with Crippen LogP contribution >= 0.6 is 0 Å². The van der Waals surface area contributed by atoms with Crippen LogP contribution in [0, 0.1) is 11.3 Å². The van der Waals surface area contributed by atoms with Crippen LogP contribution < -0.4 is 0 Å². The van der Waals surface area contributed by atoms with Gasteiger partial charge in [0.15, 0.2) is 0 Å². The molecule has 1 heterocycles. The second-order valence-corrected chi connectivity index (χ2v) is 7.31. The highest BCUT2D eigenvalue weighted by atomic mass is 15.0. The predicted octanol–water partition coefficient (Wildman–Crippen LogP) is 7.37. The van der Waals surface area contributed by atoms with Gasteiger partial charge in [0.05, 0.1) is 17.3 Å². The Balaban J connectivity index is 2.25. The van der Waals surface area contributed by atoms with Crippen molar-refractivity contribution < 1.29 is 0 Å². The summed E-state index contributed by atoms with van der Waals surface area (Å²) in [5.41, 5.74) is 6.12. The summed E-state index contributed by atoms with van der Waals surface area (Å²) in [6.07, 6.45) is 6.89. The van der Waals surface area contributed by atoms with E-state index in [2.05, 4.69) is 72.7 Å². The molecule has 0 N–H and O–H groups in total. The maximum atomic E-state index is 9.61. The van der Waals surface area contributed by atoms with Crippen molar-refractivity contribution >= 4 is 17.0 Å². The Hall–Kier alpha value is -3.05. The van der Waals surface area contributed by atoms with Gasteiger partial charge in [-0.2, -0.15) is 5.26 Å². The van der Waals surface area contributed by atoms with E-state index in [1.165, 1.54) is 41.4 Å². The van der Waals surface area contributed by atoms with Gasteiger partial charge < -0.3 is 4.57 Å². The van der Waals surface area contributed by atoms with Crippen molar-refractivity contribution in [3.05, 3.63) is 77.9 Å². The molecule has 2 nitrogen and oxygen atoms in total. The van der Waals surface area contributed by atoms with E-state index >= 15 is 0 Å². The molecule has 0 spiro atoms. The van der Waals surface area contributed by atoms with Gasteiger partial charge in [-0.1, -0.05) is 81.3 Å². The molecule has 0 unspecified atom stereocenters. The zero-order valence-corrected chi connectivity index (χ0v) is 16.9. The van der Waals surface area contributed by atoms with Gasteiger partial charge >= 0.3 is 0 Å². The Morgan fingerprint density at radius 3 is 2.43 bits per heavy atom. The first-order chi connectivity index (χ1) is 13.7. The van der Waals surface area contributed by atoms with E-state index in [1.807, 2.05) is 19.1 Å². The Morgan fingerprint density at radius 2 is 1.75 bits per heavy atom. The first kappa shape index (κ1) is 19.7. The molecule has 142 valence electrons. The molecule has 3 rings (SSSR count). The molecule has 0 amide bonds. The highest BCUT2D eigenvalue weighted by Gasteiger charge is 2.17. The average Bonchev–Trinajstić information content (AvgIpc) is 3.03. The van der Waals surface area contributed by atoms with E-state index in [1.54, 1.807) is 0 Å². The molecule has 28 heavy (non-hydrogen) atoms. The van der Waals surface area contributed by atoms with E-state index in [4.69, 9.17) is 0 Å². The molecule has 0 fully saturated rings. The molecular formula is C26H28N2. The lowest BCUT2D eigenvalue weighted by atomic mass is 10.0. The van der Waals surface area contributed by atoms with Crippen LogP contribution in [0.15, 0.2) is 72.3 Å². The van der Waals surface area contributed by atoms with Gasteiger partial charge in [0.2, 0.25) is 0 Å². The zero-order chi connectivity index (χ0) is 19.9. The van der Waals surface area contributed by atoms with E-state index in [0.29, 0.717) is 5.57 Å². The Kier molecular flexibility index (Phi) is 6.50. The molecular weight excluding hydrogens is 340 g/mol. The topological polar surface area (TPSA) is 28.7 Å². The van der Waals surface area contributed by atoms with Gasteiger partial charge in [-0.05, 0) is 36.6 Å². The molecule has 0 atom stereocenters. The minimum Gasteiger partial charge on any atom is -0.340 e. The van der Waals surface area contributed by atoms with Crippen molar-refractivity contribution in [3.8, 4) is 17.3 Å². The molecule has 0 saturated heterocycles. The number of hydrogen-bond acceptors (Lipinski definition) is 1. The van der Waals surface area contributed by atoms with Gasteiger partial charge in [0.25, 0.3) is 0 Å².